The molecule has 0 saturated heterocycles. The topological polar surface area (TPSA) is 129 Å². The third-order valence-electron chi connectivity index (χ3n) is 7.38. The Morgan fingerprint density at radius 3 is 2.48 bits per heavy atom. The molecule has 204 valence electrons. The van der Waals surface area contributed by atoms with Gasteiger partial charge in [0, 0.05) is 47.9 Å². The third kappa shape index (κ3) is 4.41. The van der Waals surface area contributed by atoms with Crippen LogP contribution in [0.15, 0.2) is 57.9 Å². The molecule has 3 heterocycles. The second-order valence-corrected chi connectivity index (χ2v) is 9.91. The van der Waals surface area contributed by atoms with Gasteiger partial charge in [0.15, 0.2) is 22.7 Å². The van der Waals surface area contributed by atoms with E-state index in [9.17, 15) is 14.7 Å². The quantitative estimate of drug-likeness (QED) is 0.239. The van der Waals surface area contributed by atoms with E-state index in [1.807, 2.05) is 6.07 Å². The highest BCUT2D eigenvalue weighted by atomic mass is 16.5. The number of phenolic OH excluding ortho intramolecular Hbond substituents is 1. The molecule has 1 aliphatic carbocycles. The maximum atomic E-state index is 12.9. The van der Waals surface area contributed by atoms with Crippen molar-refractivity contribution in [2.45, 2.75) is 38.6 Å². The molecule has 2 N–H and O–H groups in total. The number of ether oxygens (including phenoxy) is 2. The highest BCUT2D eigenvalue weighted by Crippen LogP contribution is 2.40. The van der Waals surface area contributed by atoms with Crippen LogP contribution in [0.3, 0.4) is 0 Å². The van der Waals surface area contributed by atoms with Gasteiger partial charge < -0.3 is 28.9 Å². The molecule has 0 radical (unpaired) electrons. The van der Waals surface area contributed by atoms with Crippen LogP contribution in [0.25, 0.3) is 33.3 Å². The number of carbonyl (C=O) groups is 1. The molecule has 1 aliphatic rings. The summed E-state index contributed by atoms with van der Waals surface area (Å²) in [7, 11) is 2.86. The first-order valence-corrected chi connectivity index (χ1v) is 13.1. The normalized spacial score (nSPS) is 13.7. The Hall–Kier alpha value is -4.86. The fourth-order valence-electron chi connectivity index (χ4n) is 5.41. The van der Waals surface area contributed by atoms with Crippen molar-refractivity contribution >= 4 is 39.4 Å². The van der Waals surface area contributed by atoms with Crippen LogP contribution in [0.5, 0.6) is 17.2 Å². The molecule has 6 rings (SSSR count). The Morgan fingerprint density at radius 1 is 1.07 bits per heavy atom. The Morgan fingerprint density at radius 2 is 1.80 bits per heavy atom. The summed E-state index contributed by atoms with van der Waals surface area (Å²) >= 11 is 0. The zero-order valence-corrected chi connectivity index (χ0v) is 22.4. The molecule has 3 aromatic heterocycles. The first kappa shape index (κ1) is 25.4. The molecule has 0 bridgehead atoms. The number of methoxy groups -OCH3 is 2. The zero-order chi connectivity index (χ0) is 28.0. The maximum absolute atomic E-state index is 12.9. The molecule has 0 spiro atoms. The number of fused-ring (bicyclic) bond motifs is 2. The number of Topliss-reactive ketones (excluding diaryl/α,β-unsaturated/α-hetero) is 1. The molecule has 5 aromatic rings. The van der Waals surface area contributed by atoms with E-state index in [2.05, 4.69) is 14.9 Å². The molecule has 0 aliphatic heterocycles. The van der Waals surface area contributed by atoms with E-state index in [0.29, 0.717) is 33.9 Å². The van der Waals surface area contributed by atoms with Gasteiger partial charge in [-0.1, -0.05) is 12.8 Å². The first-order chi connectivity index (χ1) is 19.4. The van der Waals surface area contributed by atoms with Crippen LogP contribution in [-0.2, 0) is 0 Å². The molecule has 1 saturated carbocycles. The van der Waals surface area contributed by atoms with E-state index >= 15 is 0 Å². The van der Waals surface area contributed by atoms with Gasteiger partial charge in [0.05, 0.1) is 25.3 Å². The monoisotopic (exact) mass is 540 g/mol. The molecule has 0 atom stereocenters. The Balaban J connectivity index is 1.39. The Bertz CT molecular complexity index is 1810. The van der Waals surface area contributed by atoms with Crippen molar-refractivity contribution in [1.29, 1.82) is 0 Å². The molecular weight excluding hydrogens is 512 g/mol. The number of nitrogens with one attached hydrogen (secondary N) is 1. The van der Waals surface area contributed by atoms with Crippen molar-refractivity contribution in [3.05, 3.63) is 64.6 Å². The maximum Gasteiger partial charge on any atom is 0.229 e. The lowest BCUT2D eigenvalue weighted by Crippen LogP contribution is -2.12. The summed E-state index contributed by atoms with van der Waals surface area (Å²) in [4.78, 5) is 34.6. The first-order valence-electron chi connectivity index (χ1n) is 13.1. The number of anilines is 2. The minimum Gasteiger partial charge on any atom is -0.502 e. The fraction of sp³-hybridized carbons (Fsp3) is 0.267. The summed E-state index contributed by atoms with van der Waals surface area (Å²) in [5, 5.41) is 14.7. The second-order valence-electron chi connectivity index (χ2n) is 9.91. The number of nitrogens with zero attached hydrogens (tertiary/aromatic N) is 3. The standard InChI is InChI=1S/C30H28N4O6/c1-16(35)22-10-18-15-31-30(33-29(18)34(22)20-6-4-5-7-20)32-19-8-9-21-23(36)14-24(40-25(21)13-19)17-11-26(38-2)28(37)27(12-17)39-3/h8-15,20,37H,4-7H2,1-3H3,(H,31,32,33). The molecule has 0 amide bonds. The number of carbonyl (C=O) groups excluding carboxylic acids is 1. The second kappa shape index (κ2) is 10.0. The highest BCUT2D eigenvalue weighted by molar-refractivity contribution is 5.98. The Kier molecular flexibility index (Phi) is 6.37. The predicted octanol–water partition coefficient (Wildman–Crippen LogP) is 5.99. The van der Waals surface area contributed by atoms with Crippen molar-refractivity contribution in [2.75, 3.05) is 19.5 Å². The lowest BCUT2D eigenvalue weighted by molar-refractivity contribution is 0.100. The molecular formula is C30H28N4O6. The number of benzene rings is 2. The summed E-state index contributed by atoms with van der Waals surface area (Å²) in [6, 6.07) is 11.8. The third-order valence-corrected chi connectivity index (χ3v) is 7.38. The van der Waals surface area contributed by atoms with Crippen molar-refractivity contribution in [3.63, 3.8) is 0 Å². The van der Waals surface area contributed by atoms with Crippen molar-refractivity contribution < 1.29 is 23.8 Å². The van der Waals surface area contributed by atoms with Crippen LogP contribution in [0, 0.1) is 0 Å². The lowest BCUT2D eigenvalue weighted by Gasteiger charge is -2.16. The molecule has 40 heavy (non-hydrogen) atoms. The van der Waals surface area contributed by atoms with Crippen LogP contribution in [0.1, 0.15) is 49.1 Å². The van der Waals surface area contributed by atoms with Crippen LogP contribution in [0.2, 0.25) is 0 Å². The summed E-state index contributed by atoms with van der Waals surface area (Å²) in [6.07, 6.45) is 6.01. The summed E-state index contributed by atoms with van der Waals surface area (Å²) < 4.78 is 18.7. The SMILES string of the molecule is COc1cc(-c2cc(=O)c3ccc(Nc4ncc5cc(C(C)=O)n(C6CCCC6)c5n4)cc3o2)cc(OC)c1O. The van der Waals surface area contributed by atoms with E-state index in [-0.39, 0.29) is 40.3 Å². The van der Waals surface area contributed by atoms with E-state index in [1.54, 1.807) is 43.5 Å². The lowest BCUT2D eigenvalue weighted by atomic mass is 10.1. The average molecular weight is 541 g/mol. The molecule has 0 unspecified atom stereocenters. The summed E-state index contributed by atoms with van der Waals surface area (Å²) in [5.74, 6) is 0.894. The largest absolute Gasteiger partial charge is 0.502 e. The fourth-order valence-corrected chi connectivity index (χ4v) is 5.41. The molecule has 10 heteroatoms. The van der Waals surface area contributed by atoms with Gasteiger partial charge in [0.1, 0.15) is 17.0 Å². The van der Waals surface area contributed by atoms with E-state index < -0.39 is 0 Å². The number of ketones is 1. The minimum atomic E-state index is -0.224. The van der Waals surface area contributed by atoms with Gasteiger partial charge in [-0.05, 0) is 43.2 Å². The van der Waals surface area contributed by atoms with Gasteiger partial charge in [0.2, 0.25) is 11.7 Å². The van der Waals surface area contributed by atoms with Crippen LogP contribution in [-0.4, -0.2) is 39.6 Å². The van der Waals surface area contributed by atoms with E-state index in [0.717, 1.165) is 36.7 Å². The Labute approximate surface area is 229 Å². The number of rotatable bonds is 7. The molecule has 10 nitrogen and oxygen atoms in total. The van der Waals surface area contributed by atoms with Crippen molar-refractivity contribution in [1.82, 2.24) is 14.5 Å². The van der Waals surface area contributed by atoms with Gasteiger partial charge >= 0.3 is 0 Å². The smallest absolute Gasteiger partial charge is 0.229 e. The minimum absolute atomic E-state index is 0.00337. The number of hydrogen-bond acceptors (Lipinski definition) is 9. The summed E-state index contributed by atoms with van der Waals surface area (Å²) in [5.41, 5.74) is 2.63. The number of aromatic nitrogens is 3. The van der Waals surface area contributed by atoms with E-state index in [4.69, 9.17) is 18.9 Å². The zero-order valence-electron chi connectivity index (χ0n) is 22.4. The highest BCUT2D eigenvalue weighted by Gasteiger charge is 2.24. The van der Waals surface area contributed by atoms with Crippen molar-refractivity contribution in [2.24, 2.45) is 0 Å². The van der Waals surface area contributed by atoms with Crippen molar-refractivity contribution in [3.8, 4) is 28.6 Å². The van der Waals surface area contributed by atoms with Crippen LogP contribution < -0.4 is 20.2 Å². The number of phenols is 1. The van der Waals surface area contributed by atoms with Crippen LogP contribution in [0.4, 0.5) is 11.6 Å². The predicted molar refractivity (Wildman–Crippen MR) is 151 cm³/mol. The van der Waals surface area contributed by atoms with E-state index in [1.165, 1.54) is 20.3 Å². The van der Waals surface area contributed by atoms with Gasteiger partial charge in [0.25, 0.3) is 0 Å². The van der Waals surface area contributed by atoms with Gasteiger partial charge in [-0.15, -0.1) is 0 Å². The summed E-state index contributed by atoms with van der Waals surface area (Å²) in [6.45, 7) is 1.58. The molecule has 1 fully saturated rings. The number of aromatic hydroxyl groups is 1. The van der Waals surface area contributed by atoms with Gasteiger partial charge in [-0.25, -0.2) is 4.98 Å². The van der Waals surface area contributed by atoms with Gasteiger partial charge in [-0.2, -0.15) is 4.98 Å². The average Bonchev–Trinajstić information content (AvgIpc) is 3.61. The van der Waals surface area contributed by atoms with Gasteiger partial charge in [-0.3, -0.25) is 9.59 Å². The molecule has 2 aromatic carbocycles. The van der Waals surface area contributed by atoms with Crippen LogP contribution >= 0.6 is 0 Å². The number of hydrogen-bond donors (Lipinski definition) is 2.